The van der Waals surface area contributed by atoms with Crippen LogP contribution >= 0.6 is 0 Å². The number of likely N-dealkylation sites (tertiary alicyclic amines) is 1. The highest BCUT2D eigenvalue weighted by Gasteiger charge is 2.25. The summed E-state index contributed by atoms with van der Waals surface area (Å²) < 4.78 is 5.50. The molecule has 160 valence electrons. The summed E-state index contributed by atoms with van der Waals surface area (Å²) >= 11 is 0. The highest BCUT2D eigenvalue weighted by molar-refractivity contribution is 5.89. The number of hydrogen-bond acceptors (Lipinski definition) is 5. The zero-order chi connectivity index (χ0) is 21.7. The second kappa shape index (κ2) is 9.24. The molecule has 2 heterocycles. The Kier molecular flexibility index (Phi) is 6.70. The van der Waals surface area contributed by atoms with Crippen LogP contribution in [0.25, 0.3) is 11.3 Å². The highest BCUT2D eigenvalue weighted by atomic mass is 16.6. The Morgan fingerprint density at radius 2 is 2.00 bits per heavy atom. The van der Waals surface area contributed by atoms with Crippen LogP contribution in [0.5, 0.6) is 0 Å². The summed E-state index contributed by atoms with van der Waals surface area (Å²) in [4.78, 5) is 34.4. The lowest BCUT2D eigenvalue weighted by molar-refractivity contribution is 0.0255. The largest absolute Gasteiger partial charge is 0.478 e. The van der Waals surface area contributed by atoms with Crippen molar-refractivity contribution in [1.82, 2.24) is 14.9 Å². The number of nitrogens with zero attached hydrogens (tertiary/aromatic N) is 3. The van der Waals surface area contributed by atoms with Crippen molar-refractivity contribution in [2.24, 2.45) is 5.92 Å². The van der Waals surface area contributed by atoms with E-state index in [1.54, 1.807) is 35.5 Å². The number of carbonyl (C=O) groups is 2. The van der Waals surface area contributed by atoms with Gasteiger partial charge in [0, 0.05) is 24.8 Å². The molecule has 1 atom stereocenters. The number of carbonyl (C=O) groups excluding carboxylic acids is 1. The molecule has 0 spiro atoms. The van der Waals surface area contributed by atoms with Crippen molar-refractivity contribution >= 4 is 12.1 Å². The fraction of sp³-hybridized carbons (Fsp3) is 0.478. The van der Waals surface area contributed by atoms with E-state index in [9.17, 15) is 14.7 Å². The van der Waals surface area contributed by atoms with Gasteiger partial charge >= 0.3 is 12.1 Å². The minimum atomic E-state index is -0.964. The second-order valence-electron chi connectivity index (χ2n) is 8.75. The number of aromatic nitrogens is 2. The predicted molar refractivity (Wildman–Crippen MR) is 113 cm³/mol. The third-order valence-electron chi connectivity index (χ3n) is 5.09. The van der Waals surface area contributed by atoms with Crippen LogP contribution in [0, 0.1) is 5.92 Å². The van der Waals surface area contributed by atoms with Gasteiger partial charge in [-0.25, -0.2) is 14.6 Å². The van der Waals surface area contributed by atoms with Crippen molar-refractivity contribution in [3.63, 3.8) is 0 Å². The van der Waals surface area contributed by atoms with Crippen LogP contribution in [0.2, 0.25) is 0 Å². The van der Waals surface area contributed by atoms with Gasteiger partial charge in [-0.05, 0) is 64.5 Å². The Balaban J connectivity index is 1.65. The molecule has 3 rings (SSSR count). The monoisotopic (exact) mass is 411 g/mol. The normalized spacial score (nSPS) is 17.3. The number of ether oxygens (including phenoxy) is 1. The van der Waals surface area contributed by atoms with Crippen LogP contribution in [-0.4, -0.2) is 50.7 Å². The highest BCUT2D eigenvalue weighted by Crippen LogP contribution is 2.24. The van der Waals surface area contributed by atoms with E-state index in [0.717, 1.165) is 36.9 Å². The van der Waals surface area contributed by atoms with Crippen molar-refractivity contribution < 1.29 is 19.4 Å². The molecular formula is C23H29N3O4. The zero-order valence-electron chi connectivity index (χ0n) is 17.8. The van der Waals surface area contributed by atoms with Gasteiger partial charge in [-0.15, -0.1) is 0 Å². The van der Waals surface area contributed by atoms with E-state index >= 15 is 0 Å². The fourth-order valence-electron chi connectivity index (χ4n) is 3.63. The fourth-order valence-corrected chi connectivity index (χ4v) is 3.63. The van der Waals surface area contributed by atoms with Crippen LogP contribution in [0.3, 0.4) is 0 Å². The Morgan fingerprint density at radius 3 is 2.73 bits per heavy atom. The minimum absolute atomic E-state index is 0.228. The summed E-state index contributed by atoms with van der Waals surface area (Å²) in [6.45, 7) is 7.02. The van der Waals surface area contributed by atoms with E-state index in [1.807, 2.05) is 26.8 Å². The van der Waals surface area contributed by atoms with E-state index in [0.29, 0.717) is 24.7 Å². The van der Waals surface area contributed by atoms with Crippen LogP contribution < -0.4 is 0 Å². The molecule has 2 aromatic rings. The van der Waals surface area contributed by atoms with E-state index < -0.39 is 11.6 Å². The van der Waals surface area contributed by atoms with Crippen LogP contribution in [-0.2, 0) is 11.2 Å². The van der Waals surface area contributed by atoms with Gasteiger partial charge in [0.25, 0.3) is 0 Å². The number of aromatic carboxylic acids is 1. The lowest BCUT2D eigenvalue weighted by atomic mass is 9.95. The Bertz CT molecular complexity index is 907. The molecule has 1 fully saturated rings. The molecule has 30 heavy (non-hydrogen) atoms. The van der Waals surface area contributed by atoms with Crippen molar-refractivity contribution in [3.8, 4) is 11.3 Å². The average Bonchev–Trinajstić information content (AvgIpc) is 2.93. The van der Waals surface area contributed by atoms with Crippen molar-refractivity contribution in [2.75, 3.05) is 13.1 Å². The van der Waals surface area contributed by atoms with Gasteiger partial charge in [0.2, 0.25) is 0 Å². The van der Waals surface area contributed by atoms with Gasteiger partial charge in [-0.2, -0.15) is 0 Å². The van der Waals surface area contributed by atoms with Crippen molar-refractivity contribution in [1.29, 1.82) is 0 Å². The summed E-state index contributed by atoms with van der Waals surface area (Å²) in [5, 5.41) is 9.20. The Labute approximate surface area is 177 Å². The summed E-state index contributed by atoms with van der Waals surface area (Å²) in [5.41, 5.74) is 2.02. The summed E-state index contributed by atoms with van der Waals surface area (Å²) in [6.07, 6.45) is 6.78. The smallest absolute Gasteiger partial charge is 0.410 e. The third kappa shape index (κ3) is 6.02. The van der Waals surface area contributed by atoms with Crippen molar-refractivity contribution in [2.45, 2.75) is 52.1 Å². The maximum atomic E-state index is 12.3. The van der Waals surface area contributed by atoms with E-state index in [1.165, 1.54) is 0 Å². The van der Waals surface area contributed by atoms with Crippen LogP contribution in [0.4, 0.5) is 4.79 Å². The van der Waals surface area contributed by atoms with Crippen molar-refractivity contribution in [3.05, 3.63) is 47.9 Å². The standard InChI is InChI=1S/C23H29N3O4/c1-23(2,3)30-22(29)26-10-5-6-16(9-11-26)12-19-14-24-15-20(25-19)17-7-4-8-18(13-17)21(27)28/h4,7-8,13-16H,5-6,9-12H2,1-3H3,(H,27,28). The number of carboxylic acid groups (broad SMARTS) is 1. The molecule has 1 aromatic heterocycles. The SMILES string of the molecule is CC(C)(C)OC(=O)N1CCCC(Cc2cncc(-c3cccc(C(=O)O)c3)n2)CC1. The van der Waals surface area contributed by atoms with Gasteiger partial charge in [-0.3, -0.25) is 4.98 Å². The summed E-state index contributed by atoms with van der Waals surface area (Å²) in [6, 6.07) is 6.72. The van der Waals surface area contributed by atoms with E-state index in [-0.39, 0.29) is 11.7 Å². The number of benzene rings is 1. The molecular weight excluding hydrogens is 382 g/mol. The molecule has 1 saturated heterocycles. The van der Waals surface area contributed by atoms with Crippen LogP contribution in [0.15, 0.2) is 36.7 Å². The quantitative estimate of drug-likeness (QED) is 0.800. The first-order valence-electron chi connectivity index (χ1n) is 10.3. The maximum Gasteiger partial charge on any atom is 0.410 e. The number of carboxylic acids is 1. The molecule has 7 nitrogen and oxygen atoms in total. The van der Waals surface area contributed by atoms with Gasteiger partial charge in [0.15, 0.2) is 0 Å². The minimum Gasteiger partial charge on any atom is -0.478 e. The predicted octanol–water partition coefficient (Wildman–Crippen LogP) is 4.42. The van der Waals surface area contributed by atoms with Crippen LogP contribution in [0.1, 0.15) is 56.1 Å². The second-order valence-corrected chi connectivity index (χ2v) is 8.75. The Hall–Kier alpha value is -2.96. The zero-order valence-corrected chi connectivity index (χ0v) is 17.8. The molecule has 0 aliphatic carbocycles. The molecule has 1 N–H and O–H groups in total. The first-order valence-corrected chi connectivity index (χ1v) is 10.3. The molecule has 1 unspecified atom stereocenters. The number of hydrogen-bond donors (Lipinski definition) is 1. The van der Waals surface area contributed by atoms with E-state index in [2.05, 4.69) is 4.98 Å². The van der Waals surface area contributed by atoms with Gasteiger partial charge in [-0.1, -0.05) is 12.1 Å². The molecule has 0 bridgehead atoms. The molecule has 0 radical (unpaired) electrons. The molecule has 1 aromatic carbocycles. The summed E-state index contributed by atoms with van der Waals surface area (Å²) in [7, 11) is 0. The molecule has 1 amide bonds. The topological polar surface area (TPSA) is 92.6 Å². The lowest BCUT2D eigenvalue weighted by Gasteiger charge is -2.26. The van der Waals surface area contributed by atoms with Gasteiger partial charge in [0.1, 0.15) is 5.60 Å². The number of amides is 1. The molecule has 0 saturated carbocycles. The first kappa shape index (κ1) is 21.7. The summed E-state index contributed by atoms with van der Waals surface area (Å²) in [5.74, 6) is -0.554. The lowest BCUT2D eigenvalue weighted by Crippen LogP contribution is -2.37. The third-order valence-corrected chi connectivity index (χ3v) is 5.09. The van der Waals surface area contributed by atoms with Gasteiger partial charge in [0.05, 0.1) is 23.1 Å². The number of rotatable bonds is 4. The molecule has 1 aliphatic rings. The average molecular weight is 412 g/mol. The van der Waals surface area contributed by atoms with Gasteiger partial charge < -0.3 is 14.7 Å². The molecule has 7 heteroatoms. The Morgan fingerprint density at radius 1 is 1.20 bits per heavy atom. The molecule has 1 aliphatic heterocycles. The maximum absolute atomic E-state index is 12.3. The van der Waals surface area contributed by atoms with E-state index in [4.69, 9.17) is 9.72 Å². The first-order chi connectivity index (χ1) is 14.2.